The van der Waals surface area contributed by atoms with Crippen LogP contribution in [0.15, 0.2) is 89.1 Å². The smallest absolute Gasteiger partial charge is 0.262 e. The molecule has 0 fully saturated rings. The molecule has 32 heavy (non-hydrogen) atoms. The minimum absolute atomic E-state index is 0.0725. The summed E-state index contributed by atoms with van der Waals surface area (Å²) in [6.07, 6.45) is 4.05. The van der Waals surface area contributed by atoms with Crippen molar-refractivity contribution in [2.75, 3.05) is 0 Å². The van der Waals surface area contributed by atoms with Crippen molar-refractivity contribution in [3.8, 4) is 0 Å². The van der Waals surface area contributed by atoms with Crippen molar-refractivity contribution >= 4 is 28.6 Å². The van der Waals surface area contributed by atoms with Crippen molar-refractivity contribution in [3.05, 3.63) is 101 Å². The van der Waals surface area contributed by atoms with Gasteiger partial charge >= 0.3 is 0 Å². The van der Waals surface area contributed by atoms with Gasteiger partial charge in [0.2, 0.25) is 5.91 Å². The molecule has 2 heterocycles. The van der Waals surface area contributed by atoms with Crippen LogP contribution in [0.2, 0.25) is 0 Å². The number of fused-ring (bicyclic) bond motifs is 1. The van der Waals surface area contributed by atoms with Gasteiger partial charge in [-0.3, -0.25) is 19.1 Å². The van der Waals surface area contributed by atoms with E-state index < -0.39 is 0 Å². The first-order valence-electron chi connectivity index (χ1n) is 10.5. The summed E-state index contributed by atoms with van der Waals surface area (Å²) in [4.78, 5) is 35.1. The van der Waals surface area contributed by atoms with Gasteiger partial charge in [0.15, 0.2) is 5.16 Å². The van der Waals surface area contributed by atoms with Crippen LogP contribution in [-0.4, -0.2) is 25.7 Å². The van der Waals surface area contributed by atoms with Crippen molar-refractivity contribution in [1.29, 1.82) is 0 Å². The Kier molecular flexibility index (Phi) is 6.97. The maximum Gasteiger partial charge on any atom is 0.262 e. The third kappa shape index (κ3) is 5.06. The number of nitrogens with zero attached hydrogens (tertiary/aromatic N) is 3. The predicted molar refractivity (Wildman–Crippen MR) is 128 cm³/mol. The molecule has 0 aliphatic carbocycles. The van der Waals surface area contributed by atoms with Gasteiger partial charge in [0, 0.05) is 18.9 Å². The van der Waals surface area contributed by atoms with E-state index in [1.54, 1.807) is 23.0 Å². The summed E-state index contributed by atoms with van der Waals surface area (Å²) in [6.45, 7) is 2.77. The molecule has 1 atom stereocenters. The van der Waals surface area contributed by atoms with Gasteiger partial charge in [0.1, 0.15) is 0 Å². The van der Waals surface area contributed by atoms with Crippen LogP contribution >= 0.6 is 11.8 Å². The SMILES string of the molecule is CCC(Sc1nc2ccccc2c(=O)n1Cc1cccnc1)C(=O)NCc1ccccc1. The molecule has 4 aromatic rings. The molecule has 7 heteroatoms. The monoisotopic (exact) mass is 444 g/mol. The zero-order valence-electron chi connectivity index (χ0n) is 17.8. The fourth-order valence-electron chi connectivity index (χ4n) is 3.40. The van der Waals surface area contributed by atoms with Gasteiger partial charge in [-0.15, -0.1) is 0 Å². The number of amides is 1. The van der Waals surface area contributed by atoms with Gasteiger partial charge in [-0.25, -0.2) is 4.98 Å². The normalized spacial score (nSPS) is 11.9. The van der Waals surface area contributed by atoms with Crippen molar-refractivity contribution < 1.29 is 4.79 Å². The van der Waals surface area contributed by atoms with Gasteiger partial charge in [-0.05, 0) is 35.7 Å². The van der Waals surface area contributed by atoms with Gasteiger partial charge in [0.05, 0.1) is 22.7 Å². The number of nitrogens with one attached hydrogen (secondary N) is 1. The van der Waals surface area contributed by atoms with Gasteiger partial charge < -0.3 is 5.32 Å². The zero-order chi connectivity index (χ0) is 22.3. The van der Waals surface area contributed by atoms with Crippen LogP contribution in [0, 0.1) is 0 Å². The predicted octanol–water partition coefficient (Wildman–Crippen LogP) is 4.03. The number of thioether (sulfide) groups is 1. The van der Waals surface area contributed by atoms with Crippen LogP contribution in [0.25, 0.3) is 10.9 Å². The summed E-state index contributed by atoms with van der Waals surface area (Å²) >= 11 is 1.33. The molecule has 2 aromatic carbocycles. The topological polar surface area (TPSA) is 76.9 Å². The van der Waals surface area contributed by atoms with E-state index in [1.165, 1.54) is 11.8 Å². The molecule has 0 bridgehead atoms. The Morgan fingerprint density at radius 1 is 1.03 bits per heavy atom. The van der Waals surface area contributed by atoms with Crippen LogP contribution in [-0.2, 0) is 17.9 Å². The van der Waals surface area contributed by atoms with E-state index in [0.717, 1.165) is 11.1 Å². The number of benzene rings is 2. The molecule has 2 aromatic heterocycles. The van der Waals surface area contributed by atoms with Crippen molar-refractivity contribution in [1.82, 2.24) is 19.9 Å². The summed E-state index contributed by atoms with van der Waals surface area (Å²) in [5.41, 5.74) is 2.44. The first-order chi connectivity index (χ1) is 15.7. The fraction of sp³-hybridized carbons (Fsp3) is 0.200. The Hall–Kier alpha value is -3.45. The van der Waals surface area contributed by atoms with Crippen LogP contribution in [0.1, 0.15) is 24.5 Å². The molecule has 4 rings (SSSR count). The maximum absolute atomic E-state index is 13.3. The lowest BCUT2D eigenvalue weighted by Crippen LogP contribution is -2.33. The summed E-state index contributed by atoms with van der Waals surface area (Å²) in [6, 6.07) is 20.9. The number of aromatic nitrogens is 3. The Bertz CT molecular complexity index is 1260. The van der Waals surface area contributed by atoms with Crippen molar-refractivity contribution in [3.63, 3.8) is 0 Å². The van der Waals surface area contributed by atoms with E-state index >= 15 is 0 Å². The van der Waals surface area contributed by atoms with E-state index in [2.05, 4.69) is 10.3 Å². The number of rotatable bonds is 8. The van der Waals surface area contributed by atoms with Crippen molar-refractivity contribution in [2.24, 2.45) is 0 Å². The molecule has 162 valence electrons. The third-order valence-corrected chi connectivity index (χ3v) is 6.46. The number of carbonyl (C=O) groups is 1. The quantitative estimate of drug-likeness (QED) is 0.328. The number of pyridine rings is 1. The Morgan fingerprint density at radius 2 is 1.78 bits per heavy atom. The molecule has 1 amide bonds. The Morgan fingerprint density at radius 3 is 2.53 bits per heavy atom. The number of hydrogen-bond acceptors (Lipinski definition) is 5. The average molecular weight is 445 g/mol. The minimum atomic E-state index is -0.369. The average Bonchev–Trinajstić information content (AvgIpc) is 2.84. The molecule has 0 radical (unpaired) electrons. The minimum Gasteiger partial charge on any atom is -0.351 e. The highest BCUT2D eigenvalue weighted by atomic mass is 32.2. The lowest BCUT2D eigenvalue weighted by molar-refractivity contribution is -0.120. The second-order valence-corrected chi connectivity index (χ2v) is 8.55. The summed E-state index contributed by atoms with van der Waals surface area (Å²) in [5.74, 6) is -0.0725. The molecule has 6 nitrogen and oxygen atoms in total. The van der Waals surface area contributed by atoms with Crippen molar-refractivity contribution in [2.45, 2.75) is 36.8 Å². The van der Waals surface area contributed by atoms with Crippen LogP contribution in [0.5, 0.6) is 0 Å². The molecule has 1 N–H and O–H groups in total. The van der Waals surface area contributed by atoms with E-state index in [0.29, 0.717) is 35.6 Å². The highest BCUT2D eigenvalue weighted by Crippen LogP contribution is 2.25. The molecule has 0 saturated heterocycles. The third-order valence-electron chi connectivity index (χ3n) is 5.11. The Balaban J connectivity index is 1.63. The van der Waals surface area contributed by atoms with E-state index in [-0.39, 0.29) is 16.7 Å². The van der Waals surface area contributed by atoms with Crippen LogP contribution in [0.3, 0.4) is 0 Å². The zero-order valence-corrected chi connectivity index (χ0v) is 18.6. The molecule has 0 aliphatic rings. The van der Waals surface area contributed by atoms with E-state index in [9.17, 15) is 9.59 Å². The fourth-order valence-corrected chi connectivity index (χ4v) is 4.44. The number of carbonyl (C=O) groups excluding carboxylic acids is 1. The summed E-state index contributed by atoms with van der Waals surface area (Å²) in [7, 11) is 0. The molecule has 0 spiro atoms. The van der Waals surface area contributed by atoms with Gasteiger partial charge in [-0.1, -0.05) is 67.2 Å². The first-order valence-corrected chi connectivity index (χ1v) is 11.4. The van der Waals surface area contributed by atoms with E-state index in [4.69, 9.17) is 4.98 Å². The largest absolute Gasteiger partial charge is 0.351 e. The first kappa shape index (κ1) is 21.8. The second-order valence-electron chi connectivity index (χ2n) is 7.38. The molecule has 0 aliphatic heterocycles. The number of para-hydroxylation sites is 1. The standard InChI is InChI=1S/C25H24N4O2S/c1-2-22(23(30)27-16-18-9-4-3-5-10-18)32-25-28-21-13-7-6-12-20(21)24(31)29(25)17-19-11-8-14-26-15-19/h3-15,22H,2,16-17H2,1H3,(H,27,30). The van der Waals surface area contributed by atoms with Crippen LogP contribution < -0.4 is 10.9 Å². The van der Waals surface area contributed by atoms with Gasteiger partial charge in [-0.2, -0.15) is 0 Å². The highest BCUT2D eigenvalue weighted by molar-refractivity contribution is 8.00. The molecular formula is C25H24N4O2S. The second kappa shape index (κ2) is 10.2. The Labute approximate surface area is 190 Å². The lowest BCUT2D eigenvalue weighted by Gasteiger charge is -2.18. The number of hydrogen-bond donors (Lipinski definition) is 1. The molecule has 0 saturated carbocycles. The summed E-state index contributed by atoms with van der Waals surface area (Å²) < 4.78 is 1.64. The van der Waals surface area contributed by atoms with E-state index in [1.807, 2.05) is 67.6 Å². The highest BCUT2D eigenvalue weighted by Gasteiger charge is 2.22. The molecular weight excluding hydrogens is 420 g/mol. The lowest BCUT2D eigenvalue weighted by atomic mass is 10.2. The maximum atomic E-state index is 13.3. The summed E-state index contributed by atoms with van der Waals surface area (Å²) in [5, 5.41) is 3.72. The molecule has 1 unspecified atom stereocenters. The van der Waals surface area contributed by atoms with Crippen LogP contribution in [0.4, 0.5) is 0 Å². The van der Waals surface area contributed by atoms with Gasteiger partial charge in [0.25, 0.3) is 5.56 Å².